The van der Waals surface area contributed by atoms with E-state index in [0.29, 0.717) is 18.7 Å². The van der Waals surface area contributed by atoms with Crippen LogP contribution in [0.25, 0.3) is 0 Å². The maximum absolute atomic E-state index is 14.3. The number of aryl methyl sites for hydroxylation is 1. The fourth-order valence-electron chi connectivity index (χ4n) is 6.53. The van der Waals surface area contributed by atoms with Crippen LogP contribution in [0.4, 0.5) is 0 Å². The molecule has 2 fully saturated rings. The molecule has 2 N–H and O–H groups in total. The molecule has 2 aliphatic rings. The predicted molar refractivity (Wildman–Crippen MR) is 187 cm³/mol. The van der Waals surface area contributed by atoms with Crippen molar-refractivity contribution in [2.75, 3.05) is 19.6 Å². The van der Waals surface area contributed by atoms with Crippen LogP contribution < -0.4 is 5.32 Å². The average molecular weight is 673 g/mol. The van der Waals surface area contributed by atoms with Gasteiger partial charge in [-0.2, -0.15) is 0 Å². The molecule has 0 saturated carbocycles. The summed E-state index contributed by atoms with van der Waals surface area (Å²) in [5, 5.41) is 16.1. The molecule has 0 unspecified atom stereocenters. The molecular formula is C39H40N6O5. The SMILES string of the molecule is C=CCN1CC(=O)N2[C@@H](Cc3ccc(O)cc3)C(=O)N(Cc3cccc(C(=O)NCc4ccccc4)n3)C[C@@H]2N1C(=O)CCc1ccccc1. The van der Waals surface area contributed by atoms with E-state index in [1.807, 2.05) is 60.7 Å². The van der Waals surface area contributed by atoms with Gasteiger partial charge >= 0.3 is 0 Å². The molecule has 1 aromatic heterocycles. The number of aromatic nitrogens is 1. The van der Waals surface area contributed by atoms with E-state index < -0.39 is 12.2 Å². The summed E-state index contributed by atoms with van der Waals surface area (Å²) >= 11 is 0. The molecule has 2 aliphatic heterocycles. The zero-order valence-electron chi connectivity index (χ0n) is 27.7. The lowest BCUT2D eigenvalue weighted by atomic mass is 9.98. The molecule has 0 radical (unpaired) electrons. The summed E-state index contributed by atoms with van der Waals surface area (Å²) in [6.07, 6.45) is 1.77. The first-order valence-electron chi connectivity index (χ1n) is 16.7. The standard InChI is InChI=1S/C39H40N6O5/c1-2-22-43-27-37(48)44-34(23-29-16-19-32(46)20-17-29)39(50)42(26-35(44)45(43)36(47)21-18-28-10-5-3-6-11-28)25-31-14-9-15-33(41-31)38(49)40-24-30-12-7-4-8-13-30/h2-17,19-20,34-35,46H,1,18,21-27H2,(H,40,49)/t34-,35-/m0/s1. The first kappa shape index (κ1) is 34.1. The molecule has 6 rings (SSSR count). The topological polar surface area (TPSA) is 126 Å². The van der Waals surface area contributed by atoms with Crippen LogP contribution in [0.3, 0.4) is 0 Å². The molecule has 0 bridgehead atoms. The van der Waals surface area contributed by atoms with Gasteiger partial charge in [-0.05, 0) is 47.4 Å². The van der Waals surface area contributed by atoms with Gasteiger partial charge < -0.3 is 20.2 Å². The third kappa shape index (κ3) is 7.90. The average Bonchev–Trinajstić information content (AvgIpc) is 3.13. The fraction of sp³-hybridized carbons (Fsp3) is 0.256. The minimum absolute atomic E-state index is 0.0491. The Morgan fingerprint density at radius 1 is 0.880 bits per heavy atom. The van der Waals surface area contributed by atoms with Gasteiger partial charge in [0.1, 0.15) is 23.7 Å². The van der Waals surface area contributed by atoms with E-state index in [1.54, 1.807) is 68.4 Å². The maximum Gasteiger partial charge on any atom is 0.270 e. The molecule has 4 amide bonds. The lowest BCUT2D eigenvalue weighted by Crippen LogP contribution is -2.75. The highest BCUT2D eigenvalue weighted by Crippen LogP contribution is 2.30. The van der Waals surface area contributed by atoms with Crippen LogP contribution in [-0.2, 0) is 40.3 Å². The number of hydrogen-bond donors (Lipinski definition) is 2. The van der Waals surface area contributed by atoms with Crippen molar-refractivity contribution >= 4 is 23.6 Å². The van der Waals surface area contributed by atoms with Crippen molar-refractivity contribution in [1.82, 2.24) is 30.1 Å². The number of phenolic OH excluding ortho intramolecular Hbond substituents is 1. The van der Waals surface area contributed by atoms with Crippen molar-refractivity contribution in [3.05, 3.63) is 144 Å². The van der Waals surface area contributed by atoms with E-state index in [2.05, 4.69) is 16.9 Å². The number of carbonyl (C=O) groups excluding carboxylic acids is 4. The van der Waals surface area contributed by atoms with E-state index in [1.165, 1.54) is 0 Å². The number of piperazine rings is 1. The zero-order chi connectivity index (χ0) is 35.0. The van der Waals surface area contributed by atoms with Crippen LogP contribution in [0.5, 0.6) is 5.75 Å². The van der Waals surface area contributed by atoms with Gasteiger partial charge in [-0.15, -0.1) is 6.58 Å². The smallest absolute Gasteiger partial charge is 0.270 e. The Labute approximate surface area is 291 Å². The van der Waals surface area contributed by atoms with Crippen LogP contribution in [0.2, 0.25) is 0 Å². The van der Waals surface area contributed by atoms with Crippen LogP contribution in [0, 0.1) is 0 Å². The second-order valence-electron chi connectivity index (χ2n) is 12.4. The van der Waals surface area contributed by atoms with Crippen molar-refractivity contribution in [2.45, 2.75) is 44.6 Å². The first-order valence-corrected chi connectivity index (χ1v) is 16.7. The van der Waals surface area contributed by atoms with Gasteiger partial charge in [-0.3, -0.25) is 19.2 Å². The molecule has 3 heterocycles. The number of fused-ring (bicyclic) bond motifs is 1. The molecule has 256 valence electrons. The molecule has 0 spiro atoms. The lowest BCUT2D eigenvalue weighted by Gasteiger charge is -2.55. The summed E-state index contributed by atoms with van der Waals surface area (Å²) in [4.78, 5) is 63.0. The highest BCUT2D eigenvalue weighted by molar-refractivity contribution is 5.93. The van der Waals surface area contributed by atoms with Crippen molar-refractivity contribution in [1.29, 1.82) is 0 Å². The zero-order valence-corrected chi connectivity index (χ0v) is 27.7. The second-order valence-corrected chi connectivity index (χ2v) is 12.4. The van der Waals surface area contributed by atoms with E-state index in [4.69, 9.17) is 0 Å². The predicted octanol–water partition coefficient (Wildman–Crippen LogP) is 3.70. The molecule has 4 aromatic rings. The van der Waals surface area contributed by atoms with Gasteiger partial charge in [-0.1, -0.05) is 84.9 Å². The van der Waals surface area contributed by atoms with Crippen LogP contribution in [-0.4, -0.2) is 85.4 Å². The molecule has 11 heteroatoms. The second kappa shape index (κ2) is 15.6. The van der Waals surface area contributed by atoms with Gasteiger partial charge in [-0.25, -0.2) is 15.0 Å². The van der Waals surface area contributed by atoms with Gasteiger partial charge in [0.05, 0.1) is 25.3 Å². The van der Waals surface area contributed by atoms with Gasteiger partial charge in [0.15, 0.2) is 0 Å². The Morgan fingerprint density at radius 3 is 2.28 bits per heavy atom. The van der Waals surface area contributed by atoms with E-state index >= 15 is 0 Å². The number of phenols is 1. The van der Waals surface area contributed by atoms with E-state index in [-0.39, 0.29) is 74.1 Å². The Morgan fingerprint density at radius 2 is 1.58 bits per heavy atom. The fourth-order valence-corrected chi connectivity index (χ4v) is 6.53. The summed E-state index contributed by atoms with van der Waals surface area (Å²) < 4.78 is 0. The third-order valence-corrected chi connectivity index (χ3v) is 8.95. The normalized spacial score (nSPS) is 17.7. The molecule has 11 nitrogen and oxygen atoms in total. The molecule has 0 aliphatic carbocycles. The minimum atomic E-state index is -0.918. The molecule has 50 heavy (non-hydrogen) atoms. The summed E-state index contributed by atoms with van der Waals surface area (Å²) in [6, 6.07) is 30.0. The van der Waals surface area contributed by atoms with Gasteiger partial charge in [0.2, 0.25) is 17.7 Å². The molecule has 2 atom stereocenters. The molecular weight excluding hydrogens is 632 g/mol. The number of nitrogens with zero attached hydrogens (tertiary/aromatic N) is 5. The molecule has 3 aromatic carbocycles. The number of rotatable bonds is 12. The summed E-state index contributed by atoms with van der Waals surface area (Å²) in [5.74, 6) is -0.990. The van der Waals surface area contributed by atoms with Crippen molar-refractivity contribution in [2.24, 2.45) is 0 Å². The first-order chi connectivity index (χ1) is 24.3. The Balaban J connectivity index is 1.28. The summed E-state index contributed by atoms with van der Waals surface area (Å²) in [7, 11) is 0. The van der Waals surface area contributed by atoms with E-state index in [0.717, 1.165) is 16.7 Å². The Kier molecular flexibility index (Phi) is 10.6. The van der Waals surface area contributed by atoms with Crippen LogP contribution >= 0.6 is 0 Å². The Bertz CT molecular complexity index is 1830. The number of aromatic hydroxyl groups is 1. The molecule has 2 saturated heterocycles. The van der Waals surface area contributed by atoms with Crippen LogP contribution in [0.15, 0.2) is 116 Å². The largest absolute Gasteiger partial charge is 0.508 e. The third-order valence-electron chi connectivity index (χ3n) is 8.95. The van der Waals surface area contributed by atoms with Crippen LogP contribution in [0.1, 0.15) is 39.3 Å². The number of pyridine rings is 1. The van der Waals surface area contributed by atoms with Crippen molar-refractivity contribution in [3.63, 3.8) is 0 Å². The monoisotopic (exact) mass is 672 g/mol. The van der Waals surface area contributed by atoms with Crippen molar-refractivity contribution < 1.29 is 24.3 Å². The summed E-state index contributed by atoms with van der Waals surface area (Å²) in [6.45, 7) is 4.50. The quantitative estimate of drug-likeness (QED) is 0.220. The number of hydrazine groups is 1. The number of benzene rings is 3. The highest BCUT2D eigenvalue weighted by Gasteiger charge is 2.51. The maximum atomic E-state index is 14.3. The number of hydrogen-bond acceptors (Lipinski definition) is 7. The van der Waals surface area contributed by atoms with Crippen molar-refractivity contribution in [3.8, 4) is 5.75 Å². The lowest BCUT2D eigenvalue weighted by molar-refractivity contribution is -0.205. The van der Waals surface area contributed by atoms with E-state index in [9.17, 15) is 24.3 Å². The highest BCUT2D eigenvalue weighted by atomic mass is 16.3. The summed E-state index contributed by atoms with van der Waals surface area (Å²) in [5.41, 5.74) is 3.43. The van der Waals surface area contributed by atoms with Gasteiger partial charge in [0.25, 0.3) is 5.91 Å². The van der Waals surface area contributed by atoms with Gasteiger partial charge in [0, 0.05) is 25.9 Å². The number of amides is 4. The number of carbonyl (C=O) groups is 4. The minimum Gasteiger partial charge on any atom is -0.508 e. The Hall–Kier alpha value is -5.81. The number of nitrogens with one attached hydrogen (secondary N) is 1.